The minimum absolute atomic E-state index is 0.320. The number of hydrogen-bond donors (Lipinski definition) is 1. The van der Waals surface area contributed by atoms with Crippen LogP contribution in [0.25, 0.3) is 0 Å². The van der Waals surface area contributed by atoms with E-state index >= 15 is 0 Å². The van der Waals surface area contributed by atoms with E-state index in [0.717, 1.165) is 19.6 Å². The Kier molecular flexibility index (Phi) is 5.07. The van der Waals surface area contributed by atoms with Crippen LogP contribution in [0.5, 0.6) is 0 Å². The number of halogens is 1. The van der Waals surface area contributed by atoms with E-state index in [1.165, 1.54) is 12.7 Å². The van der Waals surface area contributed by atoms with Crippen LogP contribution in [0.2, 0.25) is 5.02 Å². The Morgan fingerprint density at radius 3 is 2.80 bits per heavy atom. The van der Waals surface area contributed by atoms with Crippen LogP contribution >= 0.6 is 11.6 Å². The Morgan fingerprint density at radius 1 is 1.45 bits per heavy atom. The summed E-state index contributed by atoms with van der Waals surface area (Å²) in [5.74, 6) is 0.629. The summed E-state index contributed by atoms with van der Waals surface area (Å²) >= 11 is 6.14. The Bertz CT molecular complexity index is 575. The number of nitrogens with one attached hydrogen (secondary N) is 1. The van der Waals surface area contributed by atoms with Crippen LogP contribution in [0.3, 0.4) is 0 Å². The number of sulfone groups is 1. The molecule has 0 radical (unpaired) electrons. The first-order chi connectivity index (χ1) is 9.38. The van der Waals surface area contributed by atoms with E-state index < -0.39 is 9.84 Å². The molecule has 0 spiro atoms. The number of hydrogen-bond acceptors (Lipinski definition) is 4. The van der Waals surface area contributed by atoms with Gasteiger partial charge in [-0.15, -0.1) is 0 Å². The van der Waals surface area contributed by atoms with Crippen LogP contribution in [0.4, 0.5) is 0 Å². The first-order valence-corrected chi connectivity index (χ1v) is 9.01. The fraction of sp³-hybridized carbons (Fsp3) is 0.571. The smallest absolute Gasteiger partial charge is 0.175 e. The highest BCUT2D eigenvalue weighted by atomic mass is 35.5. The van der Waals surface area contributed by atoms with Crippen molar-refractivity contribution >= 4 is 21.4 Å². The normalized spacial score (nSPS) is 20.4. The SMILES string of the molecule is CN1CCC(CNCc2c(Cl)cccc2S(C)(=O)=O)C1. The highest BCUT2D eigenvalue weighted by Gasteiger charge is 2.20. The second kappa shape index (κ2) is 6.43. The zero-order valence-electron chi connectivity index (χ0n) is 11.9. The van der Waals surface area contributed by atoms with Gasteiger partial charge in [-0.2, -0.15) is 0 Å². The van der Waals surface area contributed by atoms with Crippen molar-refractivity contribution in [3.63, 3.8) is 0 Å². The van der Waals surface area contributed by atoms with Gasteiger partial charge in [-0.1, -0.05) is 17.7 Å². The number of likely N-dealkylation sites (tertiary alicyclic amines) is 1. The molecule has 1 saturated heterocycles. The average molecular weight is 317 g/mol. The molecule has 1 aliphatic heterocycles. The molecule has 1 fully saturated rings. The van der Waals surface area contributed by atoms with Crippen molar-refractivity contribution in [3.8, 4) is 0 Å². The maximum Gasteiger partial charge on any atom is 0.175 e. The van der Waals surface area contributed by atoms with Crippen LogP contribution in [-0.2, 0) is 16.4 Å². The molecule has 0 amide bonds. The van der Waals surface area contributed by atoms with E-state index in [-0.39, 0.29) is 0 Å². The van der Waals surface area contributed by atoms with Gasteiger partial charge in [0.15, 0.2) is 9.84 Å². The van der Waals surface area contributed by atoms with Gasteiger partial charge in [-0.05, 0) is 44.6 Å². The van der Waals surface area contributed by atoms with Crippen molar-refractivity contribution in [1.29, 1.82) is 0 Å². The highest BCUT2D eigenvalue weighted by molar-refractivity contribution is 7.90. The third-order valence-electron chi connectivity index (χ3n) is 3.70. The molecule has 4 nitrogen and oxygen atoms in total. The second-order valence-corrected chi connectivity index (χ2v) is 7.93. The van der Waals surface area contributed by atoms with Crippen LogP contribution in [-0.4, -0.2) is 46.3 Å². The minimum atomic E-state index is -3.25. The molecule has 1 aliphatic rings. The molecule has 1 unspecified atom stereocenters. The van der Waals surface area contributed by atoms with E-state index in [9.17, 15) is 8.42 Å². The summed E-state index contributed by atoms with van der Waals surface area (Å²) in [7, 11) is -1.13. The molecule has 1 aromatic carbocycles. The zero-order chi connectivity index (χ0) is 14.8. The van der Waals surface area contributed by atoms with Crippen molar-refractivity contribution in [1.82, 2.24) is 10.2 Å². The number of nitrogens with zero attached hydrogens (tertiary/aromatic N) is 1. The van der Waals surface area contributed by atoms with E-state index in [1.807, 2.05) is 0 Å². The summed E-state index contributed by atoms with van der Waals surface area (Å²) in [6, 6.07) is 5.02. The van der Waals surface area contributed by atoms with Crippen LogP contribution in [0.1, 0.15) is 12.0 Å². The van der Waals surface area contributed by atoms with Crippen LogP contribution in [0, 0.1) is 5.92 Å². The molecule has 1 aromatic rings. The van der Waals surface area contributed by atoms with Gasteiger partial charge in [0.1, 0.15) is 0 Å². The molecular weight excluding hydrogens is 296 g/mol. The third kappa shape index (κ3) is 3.95. The van der Waals surface area contributed by atoms with Crippen molar-refractivity contribution in [3.05, 3.63) is 28.8 Å². The summed E-state index contributed by atoms with van der Waals surface area (Å²) in [5, 5.41) is 3.85. The highest BCUT2D eigenvalue weighted by Crippen LogP contribution is 2.24. The Balaban J connectivity index is 2.02. The van der Waals surface area contributed by atoms with E-state index in [0.29, 0.717) is 27.9 Å². The van der Waals surface area contributed by atoms with E-state index in [2.05, 4.69) is 17.3 Å². The van der Waals surface area contributed by atoms with Gasteiger partial charge in [0.2, 0.25) is 0 Å². The van der Waals surface area contributed by atoms with Gasteiger partial charge in [-0.3, -0.25) is 0 Å². The van der Waals surface area contributed by atoms with Gasteiger partial charge in [0, 0.05) is 29.9 Å². The molecular formula is C14H21ClN2O2S. The van der Waals surface area contributed by atoms with Crippen LogP contribution in [0.15, 0.2) is 23.1 Å². The summed E-state index contributed by atoms with van der Waals surface area (Å²) in [6.45, 7) is 3.60. The maximum absolute atomic E-state index is 11.8. The standard InChI is InChI=1S/C14H21ClN2O2S/c1-17-7-6-11(10-17)8-16-9-12-13(15)4-3-5-14(12)20(2,18)19/h3-5,11,16H,6-10H2,1-2H3. The number of rotatable bonds is 5. The lowest BCUT2D eigenvalue weighted by Crippen LogP contribution is -2.25. The lowest BCUT2D eigenvalue weighted by molar-refractivity contribution is 0.388. The Morgan fingerprint density at radius 2 is 2.20 bits per heavy atom. The minimum Gasteiger partial charge on any atom is -0.312 e. The van der Waals surface area contributed by atoms with Gasteiger partial charge >= 0.3 is 0 Å². The zero-order valence-corrected chi connectivity index (χ0v) is 13.5. The monoisotopic (exact) mass is 316 g/mol. The lowest BCUT2D eigenvalue weighted by Gasteiger charge is -2.14. The molecule has 0 bridgehead atoms. The molecule has 1 heterocycles. The molecule has 6 heteroatoms. The predicted octanol–water partition coefficient (Wildman–Crippen LogP) is 1.78. The molecule has 2 rings (SSSR count). The second-order valence-electron chi connectivity index (χ2n) is 5.54. The summed E-state index contributed by atoms with van der Waals surface area (Å²) in [6.07, 6.45) is 2.40. The van der Waals surface area contributed by atoms with Crippen molar-refractivity contribution in [2.45, 2.75) is 17.9 Å². The van der Waals surface area contributed by atoms with Crippen molar-refractivity contribution in [2.24, 2.45) is 5.92 Å². The van der Waals surface area contributed by atoms with Gasteiger partial charge in [0.05, 0.1) is 4.90 Å². The molecule has 0 aromatic heterocycles. The Labute approximate surface area is 126 Å². The van der Waals surface area contributed by atoms with Gasteiger partial charge in [-0.25, -0.2) is 8.42 Å². The summed E-state index contributed by atoms with van der Waals surface area (Å²) < 4.78 is 23.6. The van der Waals surface area contributed by atoms with Crippen LogP contribution < -0.4 is 5.32 Å². The molecule has 20 heavy (non-hydrogen) atoms. The third-order valence-corrected chi connectivity index (χ3v) is 5.23. The first kappa shape index (κ1) is 15.8. The molecule has 0 aliphatic carbocycles. The molecule has 1 atom stereocenters. The Hall–Kier alpha value is -0.620. The van der Waals surface area contributed by atoms with Gasteiger partial charge in [0.25, 0.3) is 0 Å². The first-order valence-electron chi connectivity index (χ1n) is 6.74. The largest absolute Gasteiger partial charge is 0.312 e. The van der Waals surface area contributed by atoms with E-state index in [4.69, 9.17) is 11.6 Å². The average Bonchev–Trinajstić information content (AvgIpc) is 2.76. The quantitative estimate of drug-likeness (QED) is 0.899. The topological polar surface area (TPSA) is 49.4 Å². The lowest BCUT2D eigenvalue weighted by atomic mass is 10.1. The number of benzene rings is 1. The molecule has 112 valence electrons. The van der Waals surface area contributed by atoms with Crippen molar-refractivity contribution < 1.29 is 8.42 Å². The van der Waals surface area contributed by atoms with Crippen molar-refractivity contribution in [2.75, 3.05) is 32.9 Å². The fourth-order valence-electron chi connectivity index (χ4n) is 2.65. The van der Waals surface area contributed by atoms with E-state index in [1.54, 1.807) is 18.2 Å². The maximum atomic E-state index is 11.8. The van der Waals surface area contributed by atoms with Gasteiger partial charge < -0.3 is 10.2 Å². The summed E-state index contributed by atoms with van der Waals surface area (Å²) in [4.78, 5) is 2.63. The molecule has 1 N–H and O–H groups in total. The fourth-order valence-corrected chi connectivity index (χ4v) is 3.90. The molecule has 0 saturated carbocycles. The predicted molar refractivity (Wildman–Crippen MR) is 81.9 cm³/mol. The summed E-state index contributed by atoms with van der Waals surface area (Å²) in [5.41, 5.74) is 0.669.